The Kier molecular flexibility index (Phi) is 7.45. The maximum atomic E-state index is 13.6. The molecule has 0 N–H and O–H groups in total. The van der Waals surface area contributed by atoms with Crippen molar-refractivity contribution in [2.24, 2.45) is 0 Å². The van der Waals surface area contributed by atoms with Gasteiger partial charge in [-0.25, -0.2) is 4.98 Å². The minimum atomic E-state index is -0.0706. The third kappa shape index (κ3) is 5.14. The quantitative estimate of drug-likeness (QED) is 0.197. The van der Waals surface area contributed by atoms with Crippen LogP contribution in [0.4, 0.5) is 5.13 Å². The number of nitrogens with zero attached hydrogens (tertiary/aromatic N) is 2. The van der Waals surface area contributed by atoms with Crippen LogP contribution in [0.25, 0.3) is 10.2 Å². The average Bonchev–Trinajstić information content (AvgIpc) is 3.27. The predicted octanol–water partition coefficient (Wildman–Crippen LogP) is 7.04. The van der Waals surface area contributed by atoms with Crippen LogP contribution in [0.5, 0.6) is 5.75 Å². The first-order valence-electron chi connectivity index (χ1n) is 10.7. The van der Waals surface area contributed by atoms with Gasteiger partial charge in [0.05, 0.1) is 23.4 Å². The van der Waals surface area contributed by atoms with Crippen molar-refractivity contribution >= 4 is 44.4 Å². The molecule has 0 fully saturated rings. The molecule has 0 unspecified atom stereocenters. The number of hydrogen-bond donors (Lipinski definition) is 0. The van der Waals surface area contributed by atoms with E-state index in [1.165, 1.54) is 0 Å². The van der Waals surface area contributed by atoms with E-state index in [0.717, 1.165) is 39.3 Å². The fraction of sp³-hybridized carbons (Fsp3) is 0.231. The second kappa shape index (κ2) is 10.7. The summed E-state index contributed by atoms with van der Waals surface area (Å²) in [4.78, 5) is 21.4. The zero-order chi connectivity index (χ0) is 22.3. The fourth-order valence-electron chi connectivity index (χ4n) is 3.37. The van der Waals surface area contributed by atoms with Gasteiger partial charge in [0.2, 0.25) is 0 Å². The largest absolute Gasteiger partial charge is 0.494 e. The number of rotatable bonds is 9. The minimum Gasteiger partial charge on any atom is -0.494 e. The van der Waals surface area contributed by atoms with Gasteiger partial charge in [0.25, 0.3) is 5.91 Å². The Bertz CT molecular complexity index is 1170. The van der Waals surface area contributed by atoms with Gasteiger partial charge in [-0.3, -0.25) is 9.69 Å². The van der Waals surface area contributed by atoms with E-state index in [2.05, 4.69) is 19.1 Å². The molecule has 0 aliphatic carbocycles. The van der Waals surface area contributed by atoms with Crippen molar-refractivity contribution in [1.82, 2.24) is 4.98 Å². The van der Waals surface area contributed by atoms with Crippen LogP contribution in [0.3, 0.4) is 0 Å². The number of unbranched alkanes of at least 4 members (excludes halogenated alkanes) is 1. The van der Waals surface area contributed by atoms with Crippen molar-refractivity contribution < 1.29 is 9.53 Å². The van der Waals surface area contributed by atoms with Crippen LogP contribution in [-0.2, 0) is 6.54 Å². The zero-order valence-electron chi connectivity index (χ0n) is 18.3. The molecule has 4 aromatic rings. The van der Waals surface area contributed by atoms with Crippen LogP contribution in [0.15, 0.2) is 77.7 Å². The summed E-state index contributed by atoms with van der Waals surface area (Å²) >= 11 is 3.22. The summed E-state index contributed by atoms with van der Waals surface area (Å²) in [6, 6.07) is 23.6. The second-order valence-electron chi connectivity index (χ2n) is 7.41. The van der Waals surface area contributed by atoms with Gasteiger partial charge >= 0.3 is 0 Å². The molecule has 0 spiro atoms. The summed E-state index contributed by atoms with van der Waals surface area (Å²) < 4.78 is 6.83. The molecule has 3 aromatic carbocycles. The first-order valence-corrected chi connectivity index (χ1v) is 12.8. The summed E-state index contributed by atoms with van der Waals surface area (Å²) in [5.41, 5.74) is 2.63. The summed E-state index contributed by atoms with van der Waals surface area (Å²) in [7, 11) is 0. The molecule has 6 heteroatoms. The van der Waals surface area contributed by atoms with Crippen LogP contribution in [0.2, 0.25) is 0 Å². The number of amides is 1. The molecule has 0 radical (unpaired) electrons. The Morgan fingerprint density at radius 2 is 1.81 bits per heavy atom. The molecule has 164 valence electrons. The van der Waals surface area contributed by atoms with Crippen LogP contribution in [-0.4, -0.2) is 23.8 Å². The highest BCUT2D eigenvalue weighted by atomic mass is 32.2. The molecule has 1 amide bonds. The Hall–Kier alpha value is -2.83. The standard InChI is InChI=1S/C26H26N2O2S2/c1-3-4-17-30-21-15-13-20(14-16-21)25(29)28(18-19-9-6-5-7-10-19)26-27-24-22(31-2)11-8-12-23(24)32-26/h5-16H,3-4,17-18H2,1-2H3. The van der Waals surface area contributed by atoms with Crippen LogP contribution >= 0.6 is 23.1 Å². The van der Waals surface area contributed by atoms with Crippen LogP contribution in [0, 0.1) is 0 Å². The predicted molar refractivity (Wildman–Crippen MR) is 135 cm³/mol. The second-order valence-corrected chi connectivity index (χ2v) is 9.26. The van der Waals surface area contributed by atoms with E-state index in [9.17, 15) is 4.79 Å². The minimum absolute atomic E-state index is 0.0706. The van der Waals surface area contributed by atoms with Gasteiger partial charge in [-0.15, -0.1) is 11.8 Å². The van der Waals surface area contributed by atoms with Crippen molar-refractivity contribution in [3.8, 4) is 5.75 Å². The van der Waals surface area contributed by atoms with E-state index in [1.54, 1.807) is 28.0 Å². The van der Waals surface area contributed by atoms with E-state index in [0.29, 0.717) is 23.8 Å². The van der Waals surface area contributed by atoms with Crippen molar-refractivity contribution in [1.29, 1.82) is 0 Å². The lowest BCUT2D eigenvalue weighted by molar-refractivity contribution is 0.0985. The number of hydrogen-bond acceptors (Lipinski definition) is 5. The molecule has 0 saturated carbocycles. The lowest BCUT2D eigenvalue weighted by Gasteiger charge is -2.20. The highest BCUT2D eigenvalue weighted by Gasteiger charge is 2.22. The lowest BCUT2D eigenvalue weighted by atomic mass is 10.1. The molecular formula is C26H26N2O2S2. The SMILES string of the molecule is CCCCOc1ccc(C(=O)N(Cc2ccccc2)c2nc3c(SC)cccc3s2)cc1. The molecule has 1 heterocycles. The third-order valence-corrected chi connectivity index (χ3v) is 6.93. The normalized spacial score (nSPS) is 10.9. The third-order valence-electron chi connectivity index (χ3n) is 5.12. The summed E-state index contributed by atoms with van der Waals surface area (Å²) in [5, 5.41) is 0.707. The highest BCUT2D eigenvalue weighted by Crippen LogP contribution is 2.35. The topological polar surface area (TPSA) is 42.4 Å². The molecular weight excluding hydrogens is 436 g/mol. The summed E-state index contributed by atoms with van der Waals surface area (Å²) in [6.07, 6.45) is 4.15. The van der Waals surface area contributed by atoms with E-state index in [1.807, 2.05) is 66.9 Å². The number of carbonyl (C=O) groups excluding carboxylic acids is 1. The molecule has 4 nitrogen and oxygen atoms in total. The Morgan fingerprint density at radius 1 is 1.03 bits per heavy atom. The molecule has 32 heavy (non-hydrogen) atoms. The van der Waals surface area contributed by atoms with Crippen LogP contribution < -0.4 is 9.64 Å². The number of carbonyl (C=O) groups is 1. The summed E-state index contributed by atoms with van der Waals surface area (Å²) in [6.45, 7) is 3.28. The number of fused-ring (bicyclic) bond motifs is 1. The van der Waals surface area contributed by atoms with E-state index < -0.39 is 0 Å². The number of benzene rings is 3. The summed E-state index contributed by atoms with van der Waals surface area (Å²) in [5.74, 6) is 0.716. The maximum absolute atomic E-state index is 13.6. The Balaban J connectivity index is 1.66. The number of ether oxygens (including phenoxy) is 1. The molecule has 4 rings (SSSR count). The average molecular weight is 463 g/mol. The smallest absolute Gasteiger partial charge is 0.260 e. The first kappa shape index (κ1) is 22.4. The molecule has 0 aliphatic heterocycles. The van der Waals surface area contributed by atoms with E-state index in [4.69, 9.17) is 9.72 Å². The monoisotopic (exact) mass is 462 g/mol. The number of anilines is 1. The van der Waals surface area contributed by atoms with Crippen molar-refractivity contribution in [3.63, 3.8) is 0 Å². The molecule has 0 bridgehead atoms. The van der Waals surface area contributed by atoms with E-state index >= 15 is 0 Å². The number of para-hydroxylation sites is 1. The molecule has 1 aromatic heterocycles. The van der Waals surface area contributed by atoms with Gasteiger partial charge in [0, 0.05) is 10.5 Å². The fourth-order valence-corrected chi connectivity index (χ4v) is 4.99. The Labute approximate surface area is 197 Å². The molecule has 0 atom stereocenters. The maximum Gasteiger partial charge on any atom is 0.260 e. The first-order chi connectivity index (χ1) is 15.7. The number of aromatic nitrogens is 1. The zero-order valence-corrected chi connectivity index (χ0v) is 19.9. The van der Waals surface area contributed by atoms with Gasteiger partial charge in [0.1, 0.15) is 5.75 Å². The van der Waals surface area contributed by atoms with Gasteiger partial charge in [0.15, 0.2) is 5.13 Å². The molecule has 0 saturated heterocycles. The number of thiazole rings is 1. The van der Waals surface area contributed by atoms with Gasteiger partial charge < -0.3 is 4.74 Å². The van der Waals surface area contributed by atoms with Crippen molar-refractivity contribution in [2.45, 2.75) is 31.2 Å². The van der Waals surface area contributed by atoms with Crippen molar-refractivity contribution in [3.05, 3.63) is 83.9 Å². The number of thioether (sulfide) groups is 1. The lowest BCUT2D eigenvalue weighted by Crippen LogP contribution is -2.30. The van der Waals surface area contributed by atoms with Crippen LogP contribution in [0.1, 0.15) is 35.7 Å². The van der Waals surface area contributed by atoms with Gasteiger partial charge in [-0.2, -0.15) is 0 Å². The molecule has 0 aliphatic rings. The van der Waals surface area contributed by atoms with E-state index in [-0.39, 0.29) is 5.91 Å². The van der Waals surface area contributed by atoms with Crippen molar-refractivity contribution in [2.75, 3.05) is 17.8 Å². The Morgan fingerprint density at radius 3 is 2.53 bits per heavy atom. The van der Waals surface area contributed by atoms with Gasteiger partial charge in [-0.1, -0.05) is 61.1 Å². The van der Waals surface area contributed by atoms with Gasteiger partial charge in [-0.05, 0) is 54.6 Å². The highest BCUT2D eigenvalue weighted by molar-refractivity contribution is 7.98.